The van der Waals surface area contributed by atoms with Crippen LogP contribution in [0.15, 0.2) is 47.5 Å². The van der Waals surface area contributed by atoms with E-state index in [4.69, 9.17) is 4.74 Å². The molecule has 0 aliphatic carbocycles. The van der Waals surface area contributed by atoms with Crippen LogP contribution < -0.4 is 20.1 Å². The molecule has 0 aromatic heterocycles. The van der Waals surface area contributed by atoms with E-state index in [0.717, 1.165) is 5.56 Å². The lowest BCUT2D eigenvalue weighted by molar-refractivity contribution is -0.0504. The number of rotatable bonds is 8. The van der Waals surface area contributed by atoms with Crippen molar-refractivity contribution in [3.8, 4) is 11.5 Å². The second-order valence-corrected chi connectivity index (χ2v) is 5.58. The van der Waals surface area contributed by atoms with Crippen molar-refractivity contribution < 1.29 is 22.6 Å². The van der Waals surface area contributed by atoms with Crippen LogP contribution in [-0.2, 0) is 13.0 Å². The fourth-order valence-corrected chi connectivity index (χ4v) is 2.45. The maximum absolute atomic E-state index is 13.2. The topological polar surface area (TPSA) is 54.9 Å². The number of alkyl halides is 2. The van der Waals surface area contributed by atoms with Crippen LogP contribution in [-0.4, -0.2) is 33.3 Å². The first kappa shape index (κ1) is 23.9. The van der Waals surface area contributed by atoms with Gasteiger partial charge in [0.1, 0.15) is 17.3 Å². The van der Waals surface area contributed by atoms with Crippen LogP contribution in [0.5, 0.6) is 11.5 Å². The molecular weight excluding hydrogens is 486 g/mol. The van der Waals surface area contributed by atoms with E-state index in [1.807, 2.05) is 6.07 Å². The van der Waals surface area contributed by atoms with Crippen molar-refractivity contribution in [3.05, 3.63) is 59.4 Å². The minimum atomic E-state index is -2.92. The maximum Gasteiger partial charge on any atom is 0.387 e. The van der Waals surface area contributed by atoms with Crippen molar-refractivity contribution in [2.45, 2.75) is 19.6 Å². The largest absolute Gasteiger partial charge is 0.497 e. The lowest BCUT2D eigenvalue weighted by Crippen LogP contribution is -2.38. The highest BCUT2D eigenvalue weighted by molar-refractivity contribution is 14.0. The Morgan fingerprint density at radius 3 is 2.57 bits per heavy atom. The number of methoxy groups -OCH3 is 1. The SMILES string of the molecule is CN=C(NCCc1cccc(F)c1)NCc1cc(OC)ccc1OC(F)F.I. The zero-order valence-corrected chi connectivity index (χ0v) is 17.9. The number of guanidine groups is 1. The molecule has 0 radical (unpaired) electrons. The fraction of sp³-hybridized carbons (Fsp3) is 0.316. The van der Waals surface area contributed by atoms with Crippen LogP contribution in [0.3, 0.4) is 0 Å². The number of ether oxygens (including phenoxy) is 2. The van der Waals surface area contributed by atoms with Gasteiger partial charge in [0.15, 0.2) is 5.96 Å². The van der Waals surface area contributed by atoms with Crippen LogP contribution in [0, 0.1) is 5.82 Å². The number of hydrogen-bond acceptors (Lipinski definition) is 3. The van der Waals surface area contributed by atoms with Gasteiger partial charge in [-0.2, -0.15) is 8.78 Å². The van der Waals surface area contributed by atoms with Gasteiger partial charge in [-0.3, -0.25) is 4.99 Å². The zero-order valence-electron chi connectivity index (χ0n) is 15.5. The summed E-state index contributed by atoms with van der Waals surface area (Å²) in [5, 5.41) is 6.13. The predicted octanol–water partition coefficient (Wildman–Crippen LogP) is 3.96. The van der Waals surface area contributed by atoms with Crippen LogP contribution in [0.4, 0.5) is 13.2 Å². The lowest BCUT2D eigenvalue weighted by Gasteiger charge is -2.15. The molecule has 0 spiro atoms. The standard InChI is InChI=1S/C19H22F3N3O2.HI/c1-23-19(24-9-8-13-4-3-5-15(20)10-13)25-12-14-11-16(26-2)6-7-17(14)27-18(21)22;/h3-7,10-11,18H,8-9,12H2,1-2H3,(H2,23,24,25);1H. The molecular formula is C19H23F3IN3O2. The molecule has 0 fully saturated rings. The highest BCUT2D eigenvalue weighted by Gasteiger charge is 2.11. The summed E-state index contributed by atoms with van der Waals surface area (Å²) in [6.07, 6.45) is 0.608. The molecule has 2 rings (SSSR count). The van der Waals surface area contributed by atoms with E-state index in [1.165, 1.54) is 25.3 Å². The summed E-state index contributed by atoms with van der Waals surface area (Å²) in [7, 11) is 3.09. The van der Waals surface area contributed by atoms with Crippen molar-refractivity contribution in [3.63, 3.8) is 0 Å². The summed E-state index contributed by atoms with van der Waals surface area (Å²) in [6.45, 7) is -2.18. The van der Waals surface area contributed by atoms with Crippen LogP contribution in [0.1, 0.15) is 11.1 Å². The summed E-state index contributed by atoms with van der Waals surface area (Å²) in [6, 6.07) is 11.0. The van der Waals surface area contributed by atoms with Gasteiger partial charge in [-0.15, -0.1) is 24.0 Å². The maximum atomic E-state index is 13.2. The highest BCUT2D eigenvalue weighted by Crippen LogP contribution is 2.25. The Labute approximate surface area is 179 Å². The number of hydrogen-bond donors (Lipinski definition) is 2. The summed E-state index contributed by atoms with van der Waals surface area (Å²) in [4.78, 5) is 4.09. The molecule has 0 bridgehead atoms. The van der Waals surface area contributed by atoms with Crippen LogP contribution in [0.2, 0.25) is 0 Å². The Morgan fingerprint density at radius 1 is 1.14 bits per heavy atom. The van der Waals surface area contributed by atoms with Gasteiger partial charge in [-0.05, 0) is 42.3 Å². The Balaban J connectivity index is 0.00000392. The number of benzene rings is 2. The first-order valence-corrected chi connectivity index (χ1v) is 8.32. The molecule has 0 amide bonds. The van der Waals surface area contributed by atoms with Gasteiger partial charge in [0.25, 0.3) is 0 Å². The molecule has 0 aliphatic heterocycles. The summed E-state index contributed by atoms with van der Waals surface area (Å²) >= 11 is 0. The van der Waals surface area contributed by atoms with E-state index in [9.17, 15) is 13.2 Å². The molecule has 9 heteroatoms. The van der Waals surface area contributed by atoms with E-state index in [1.54, 1.807) is 25.2 Å². The van der Waals surface area contributed by atoms with E-state index < -0.39 is 6.61 Å². The molecule has 0 atom stereocenters. The first-order chi connectivity index (χ1) is 13.0. The average molecular weight is 509 g/mol. The van der Waals surface area contributed by atoms with E-state index in [-0.39, 0.29) is 42.1 Å². The highest BCUT2D eigenvalue weighted by atomic mass is 127. The first-order valence-electron chi connectivity index (χ1n) is 8.32. The van der Waals surface area contributed by atoms with Gasteiger partial charge in [0.05, 0.1) is 7.11 Å². The van der Waals surface area contributed by atoms with Crippen LogP contribution in [0.25, 0.3) is 0 Å². The van der Waals surface area contributed by atoms with Crippen molar-refractivity contribution in [1.29, 1.82) is 0 Å². The van der Waals surface area contributed by atoms with Crippen molar-refractivity contribution >= 4 is 29.9 Å². The third kappa shape index (κ3) is 7.83. The summed E-state index contributed by atoms with van der Waals surface area (Å²) < 4.78 is 48.0. The predicted molar refractivity (Wildman–Crippen MR) is 113 cm³/mol. The van der Waals surface area contributed by atoms with Crippen molar-refractivity contribution in [1.82, 2.24) is 10.6 Å². The Morgan fingerprint density at radius 2 is 1.93 bits per heavy atom. The summed E-state index contributed by atoms with van der Waals surface area (Å²) in [5.74, 6) is 0.799. The Bertz CT molecular complexity index is 776. The molecule has 5 nitrogen and oxygen atoms in total. The summed E-state index contributed by atoms with van der Waals surface area (Å²) in [5.41, 5.74) is 1.36. The minimum Gasteiger partial charge on any atom is -0.497 e. The molecule has 0 saturated carbocycles. The minimum absolute atomic E-state index is 0. The van der Waals surface area contributed by atoms with Gasteiger partial charge in [0.2, 0.25) is 0 Å². The monoisotopic (exact) mass is 509 g/mol. The smallest absolute Gasteiger partial charge is 0.387 e. The number of halogens is 4. The zero-order chi connectivity index (χ0) is 19.6. The van der Waals surface area contributed by atoms with E-state index in [2.05, 4.69) is 20.4 Å². The lowest BCUT2D eigenvalue weighted by atomic mass is 10.1. The second kappa shape index (κ2) is 12.3. The molecule has 2 N–H and O–H groups in total. The average Bonchev–Trinajstić information content (AvgIpc) is 2.65. The van der Waals surface area contributed by atoms with E-state index in [0.29, 0.717) is 30.2 Å². The molecule has 0 saturated heterocycles. The molecule has 28 heavy (non-hydrogen) atoms. The molecule has 2 aromatic rings. The Kier molecular flexibility index (Phi) is 10.5. The fourth-order valence-electron chi connectivity index (χ4n) is 2.45. The quantitative estimate of drug-likeness (QED) is 0.322. The number of nitrogens with one attached hydrogen (secondary N) is 2. The van der Waals surface area contributed by atoms with Crippen molar-refractivity contribution in [2.24, 2.45) is 4.99 Å². The molecule has 0 heterocycles. The number of aliphatic imine (C=N–C) groups is 1. The van der Waals surface area contributed by atoms with Crippen molar-refractivity contribution in [2.75, 3.05) is 20.7 Å². The third-order valence-corrected chi connectivity index (χ3v) is 3.75. The van der Waals surface area contributed by atoms with Gasteiger partial charge in [-0.1, -0.05) is 12.1 Å². The third-order valence-electron chi connectivity index (χ3n) is 3.75. The second-order valence-electron chi connectivity index (χ2n) is 5.58. The molecule has 154 valence electrons. The molecule has 0 aliphatic rings. The van der Waals surface area contributed by atoms with Gasteiger partial charge in [0, 0.05) is 25.7 Å². The normalized spacial score (nSPS) is 11.0. The van der Waals surface area contributed by atoms with Gasteiger partial charge < -0.3 is 20.1 Å². The molecule has 2 aromatic carbocycles. The van der Waals surface area contributed by atoms with Crippen LogP contribution >= 0.6 is 24.0 Å². The van der Waals surface area contributed by atoms with Gasteiger partial charge >= 0.3 is 6.61 Å². The number of nitrogens with zero attached hydrogens (tertiary/aromatic N) is 1. The Hall–Kier alpha value is -2.17. The molecule has 0 unspecified atom stereocenters. The van der Waals surface area contributed by atoms with Gasteiger partial charge in [-0.25, -0.2) is 4.39 Å². The van der Waals surface area contributed by atoms with E-state index >= 15 is 0 Å².